The summed E-state index contributed by atoms with van der Waals surface area (Å²) >= 11 is -1.02. The zero-order chi connectivity index (χ0) is 15.7. The predicted octanol–water partition coefficient (Wildman–Crippen LogP) is 3.80. The van der Waals surface area contributed by atoms with Crippen LogP contribution in [0.1, 0.15) is 33.6 Å². The van der Waals surface area contributed by atoms with Crippen LogP contribution in [0.5, 0.6) is 5.75 Å². The minimum Gasteiger partial charge on any atom is -0.597 e. The first-order valence-electron chi connectivity index (χ1n) is 7.41. The summed E-state index contributed by atoms with van der Waals surface area (Å²) in [5.74, 6) is 0.852. The summed E-state index contributed by atoms with van der Waals surface area (Å²) in [6, 6.07) is 9.73. The molecule has 1 unspecified atom stereocenters. The number of hydrogen-bond acceptors (Lipinski definition) is 3. The van der Waals surface area contributed by atoms with E-state index in [4.69, 9.17) is 4.74 Å². The van der Waals surface area contributed by atoms with Crippen molar-refractivity contribution in [3.05, 3.63) is 43.0 Å². The Balaban J connectivity index is 2.49. The average Bonchev–Trinajstić information content (AvgIpc) is 2.45. The van der Waals surface area contributed by atoms with Gasteiger partial charge in [-0.3, -0.25) is 0 Å². The Bertz CT molecular complexity index is 403. The minimum atomic E-state index is -1.02. The molecule has 1 aromatic rings. The molecule has 0 saturated heterocycles. The molecule has 0 aliphatic rings. The molecule has 0 fully saturated rings. The first kappa shape index (κ1) is 18.1. The van der Waals surface area contributed by atoms with Crippen LogP contribution in [0.3, 0.4) is 0 Å². The third-order valence-corrected chi connectivity index (χ3v) is 4.81. The zero-order valence-corrected chi connectivity index (χ0v) is 14.2. The van der Waals surface area contributed by atoms with Gasteiger partial charge in [0.25, 0.3) is 0 Å². The fraction of sp³-hybridized carbons (Fsp3) is 0.529. The van der Waals surface area contributed by atoms with Crippen molar-refractivity contribution in [1.82, 2.24) is 4.31 Å². The van der Waals surface area contributed by atoms with E-state index in [-0.39, 0.29) is 4.75 Å². The van der Waals surface area contributed by atoms with Crippen molar-refractivity contribution in [2.45, 2.75) is 38.4 Å². The van der Waals surface area contributed by atoms with Crippen LogP contribution in [-0.4, -0.2) is 33.3 Å². The normalized spacial score (nSPS) is 13.2. The monoisotopic (exact) mass is 309 g/mol. The van der Waals surface area contributed by atoms with Gasteiger partial charge in [-0.25, -0.2) is 0 Å². The Kier molecular flexibility index (Phi) is 7.86. The van der Waals surface area contributed by atoms with Gasteiger partial charge >= 0.3 is 0 Å². The maximum Gasteiger partial charge on any atom is 0.137 e. The molecule has 1 atom stereocenters. The van der Waals surface area contributed by atoms with Gasteiger partial charge in [-0.05, 0) is 45.7 Å². The molecule has 0 amide bonds. The molecular formula is C17H27NO2S. The number of nitrogens with zero attached hydrogens (tertiary/aromatic N) is 1. The van der Waals surface area contributed by atoms with E-state index in [0.717, 1.165) is 25.1 Å². The van der Waals surface area contributed by atoms with E-state index in [1.807, 2.05) is 61.5 Å². The lowest BCUT2D eigenvalue weighted by molar-refractivity contribution is 0.268. The standard InChI is InChI=1S/C17H27NO2S/c1-5-6-10-13-18(21(19)17(2,3)4)14-15-20-16-11-8-7-9-12-16/h5,7-9,11-12H,1,6,10,13-15H2,2-4H3. The van der Waals surface area contributed by atoms with E-state index in [9.17, 15) is 4.55 Å². The second-order valence-corrected chi connectivity index (χ2v) is 8.12. The van der Waals surface area contributed by atoms with E-state index in [1.54, 1.807) is 0 Å². The zero-order valence-electron chi connectivity index (χ0n) is 13.4. The summed E-state index contributed by atoms with van der Waals surface area (Å²) in [4.78, 5) is 0. The molecule has 0 aliphatic heterocycles. The smallest absolute Gasteiger partial charge is 0.137 e. The molecule has 0 aromatic heterocycles. The Morgan fingerprint density at radius 1 is 1.24 bits per heavy atom. The maximum absolute atomic E-state index is 12.6. The number of unbranched alkanes of at least 4 members (excludes halogenated alkanes) is 1. The largest absolute Gasteiger partial charge is 0.597 e. The van der Waals surface area contributed by atoms with E-state index < -0.39 is 11.4 Å². The molecule has 118 valence electrons. The second kappa shape index (κ2) is 9.13. The van der Waals surface area contributed by atoms with Crippen LogP contribution in [0.15, 0.2) is 43.0 Å². The van der Waals surface area contributed by atoms with E-state index in [0.29, 0.717) is 13.2 Å². The Morgan fingerprint density at radius 3 is 2.48 bits per heavy atom. The van der Waals surface area contributed by atoms with Gasteiger partial charge in [-0.1, -0.05) is 24.3 Å². The van der Waals surface area contributed by atoms with Gasteiger partial charge < -0.3 is 9.29 Å². The number of benzene rings is 1. The third-order valence-electron chi connectivity index (χ3n) is 2.93. The van der Waals surface area contributed by atoms with Crippen molar-refractivity contribution in [3.8, 4) is 5.75 Å². The van der Waals surface area contributed by atoms with Crippen LogP contribution in [0.2, 0.25) is 0 Å². The van der Waals surface area contributed by atoms with Gasteiger partial charge in [-0.15, -0.1) is 10.9 Å². The fourth-order valence-corrected chi connectivity index (χ4v) is 3.17. The van der Waals surface area contributed by atoms with Crippen molar-refractivity contribution in [2.24, 2.45) is 0 Å². The molecule has 0 aliphatic carbocycles. The van der Waals surface area contributed by atoms with Gasteiger partial charge in [0, 0.05) is 17.9 Å². The molecular weight excluding hydrogens is 282 g/mol. The molecule has 1 aromatic carbocycles. The van der Waals surface area contributed by atoms with E-state index in [2.05, 4.69) is 6.58 Å². The fourth-order valence-electron chi connectivity index (χ4n) is 1.86. The van der Waals surface area contributed by atoms with Gasteiger partial charge in [0.05, 0.1) is 6.54 Å². The quantitative estimate of drug-likeness (QED) is 0.395. The first-order chi connectivity index (χ1) is 9.95. The highest BCUT2D eigenvalue weighted by atomic mass is 32.2. The SMILES string of the molecule is C=CCCCN(CCOc1ccccc1)[S+]([O-])C(C)(C)C. The Morgan fingerprint density at radius 2 is 1.90 bits per heavy atom. The molecule has 0 saturated carbocycles. The van der Waals surface area contributed by atoms with Crippen molar-refractivity contribution in [3.63, 3.8) is 0 Å². The number of hydrogen-bond donors (Lipinski definition) is 0. The van der Waals surface area contributed by atoms with E-state index in [1.165, 1.54) is 0 Å². The summed E-state index contributed by atoms with van der Waals surface area (Å²) in [7, 11) is 0. The van der Waals surface area contributed by atoms with Crippen LogP contribution in [0.4, 0.5) is 0 Å². The average molecular weight is 309 g/mol. The number of para-hydroxylation sites is 1. The molecule has 0 bridgehead atoms. The van der Waals surface area contributed by atoms with Gasteiger partial charge in [0.2, 0.25) is 0 Å². The number of rotatable bonds is 9. The second-order valence-electron chi connectivity index (χ2n) is 5.88. The topological polar surface area (TPSA) is 35.5 Å². The highest BCUT2D eigenvalue weighted by molar-refractivity contribution is 7.90. The Labute approximate surface area is 132 Å². The van der Waals surface area contributed by atoms with Crippen molar-refractivity contribution < 1.29 is 9.29 Å². The third kappa shape index (κ3) is 7.02. The van der Waals surface area contributed by atoms with Crippen LogP contribution in [0.25, 0.3) is 0 Å². The van der Waals surface area contributed by atoms with Crippen LogP contribution in [0, 0.1) is 0 Å². The van der Waals surface area contributed by atoms with Crippen LogP contribution >= 0.6 is 0 Å². The molecule has 21 heavy (non-hydrogen) atoms. The maximum atomic E-state index is 12.6. The highest BCUT2D eigenvalue weighted by Gasteiger charge is 2.32. The molecule has 0 spiro atoms. The predicted molar refractivity (Wildman–Crippen MR) is 90.8 cm³/mol. The molecule has 0 radical (unpaired) electrons. The lowest BCUT2D eigenvalue weighted by Crippen LogP contribution is -2.45. The highest BCUT2D eigenvalue weighted by Crippen LogP contribution is 2.20. The summed E-state index contributed by atoms with van der Waals surface area (Å²) < 4.78 is 20.0. The van der Waals surface area contributed by atoms with Gasteiger partial charge in [-0.2, -0.15) is 0 Å². The molecule has 0 N–H and O–H groups in total. The van der Waals surface area contributed by atoms with Crippen molar-refractivity contribution in [1.29, 1.82) is 0 Å². The summed E-state index contributed by atoms with van der Waals surface area (Å²) in [6.45, 7) is 11.7. The molecule has 4 heteroatoms. The van der Waals surface area contributed by atoms with Gasteiger partial charge in [0.1, 0.15) is 17.1 Å². The summed E-state index contributed by atoms with van der Waals surface area (Å²) in [6.07, 6.45) is 3.81. The minimum absolute atomic E-state index is 0.249. The van der Waals surface area contributed by atoms with Crippen LogP contribution < -0.4 is 4.74 Å². The van der Waals surface area contributed by atoms with Crippen molar-refractivity contribution in [2.75, 3.05) is 19.7 Å². The lowest BCUT2D eigenvalue weighted by Gasteiger charge is -2.32. The van der Waals surface area contributed by atoms with Crippen molar-refractivity contribution >= 4 is 11.4 Å². The van der Waals surface area contributed by atoms with E-state index >= 15 is 0 Å². The molecule has 3 nitrogen and oxygen atoms in total. The number of allylic oxidation sites excluding steroid dienone is 1. The van der Waals surface area contributed by atoms with Gasteiger partial charge in [0.15, 0.2) is 0 Å². The molecule has 1 rings (SSSR count). The lowest BCUT2D eigenvalue weighted by atomic mass is 10.3. The Hall–Kier alpha value is -0.970. The first-order valence-corrected chi connectivity index (χ1v) is 8.51. The summed E-state index contributed by atoms with van der Waals surface area (Å²) in [5, 5.41) is 0. The molecule has 0 heterocycles. The van der Waals surface area contributed by atoms with Crippen LogP contribution in [-0.2, 0) is 11.4 Å². The summed E-state index contributed by atoms with van der Waals surface area (Å²) in [5.41, 5.74) is 0. The number of ether oxygens (including phenoxy) is 1.